The van der Waals surface area contributed by atoms with Crippen molar-refractivity contribution in [3.8, 4) is 0 Å². The summed E-state index contributed by atoms with van der Waals surface area (Å²) in [6, 6.07) is 0. The van der Waals surface area contributed by atoms with E-state index in [1.165, 1.54) is 9.88 Å². The Bertz CT molecular complexity index is 324. The molecule has 0 radical (unpaired) electrons. The molecule has 1 N–H and O–H groups in total. The van der Waals surface area contributed by atoms with E-state index in [-0.39, 0.29) is 6.10 Å². The molecular formula is C11H18N2OS. The highest BCUT2D eigenvalue weighted by Crippen LogP contribution is 2.23. The summed E-state index contributed by atoms with van der Waals surface area (Å²) in [5, 5.41) is 10.6. The van der Waals surface area contributed by atoms with Gasteiger partial charge in [0.1, 0.15) is 0 Å². The zero-order valence-corrected chi connectivity index (χ0v) is 10.1. The van der Waals surface area contributed by atoms with Crippen LogP contribution in [0.2, 0.25) is 0 Å². The standard InChI is InChI=1S/C11H18N2OS/c1-8(2)11-12-5-10(15-11)7-13-4-3-9(14)6-13/h5,8-9,14H,3-4,6-7H2,1-2H3/t9-/m0/s1. The van der Waals surface area contributed by atoms with Gasteiger partial charge in [0, 0.05) is 36.6 Å². The molecule has 2 heterocycles. The number of rotatable bonds is 3. The van der Waals surface area contributed by atoms with E-state index in [0.717, 1.165) is 26.1 Å². The largest absolute Gasteiger partial charge is 0.392 e. The van der Waals surface area contributed by atoms with E-state index in [1.807, 2.05) is 6.20 Å². The van der Waals surface area contributed by atoms with Crippen molar-refractivity contribution in [2.75, 3.05) is 13.1 Å². The molecule has 0 bridgehead atoms. The molecule has 84 valence electrons. The van der Waals surface area contributed by atoms with Gasteiger partial charge in [0.15, 0.2) is 0 Å². The van der Waals surface area contributed by atoms with Crippen molar-refractivity contribution >= 4 is 11.3 Å². The predicted molar refractivity (Wildman–Crippen MR) is 62.1 cm³/mol. The van der Waals surface area contributed by atoms with E-state index in [2.05, 4.69) is 23.7 Å². The minimum atomic E-state index is -0.123. The van der Waals surface area contributed by atoms with E-state index in [4.69, 9.17) is 0 Å². The van der Waals surface area contributed by atoms with Crippen LogP contribution in [0, 0.1) is 0 Å². The van der Waals surface area contributed by atoms with Crippen LogP contribution in [0.1, 0.15) is 36.1 Å². The number of likely N-dealkylation sites (tertiary alicyclic amines) is 1. The first-order chi connectivity index (χ1) is 7.15. The van der Waals surface area contributed by atoms with Crippen LogP contribution in [0.5, 0.6) is 0 Å². The third kappa shape index (κ3) is 2.77. The SMILES string of the molecule is CC(C)c1ncc(CN2CC[C@H](O)C2)s1. The first kappa shape index (κ1) is 11.0. The highest BCUT2D eigenvalue weighted by molar-refractivity contribution is 7.11. The van der Waals surface area contributed by atoms with Crippen LogP contribution in [0.25, 0.3) is 0 Å². The normalized spacial score (nSPS) is 22.8. The lowest BCUT2D eigenvalue weighted by atomic mass is 10.2. The van der Waals surface area contributed by atoms with Gasteiger partial charge in [-0.05, 0) is 6.42 Å². The summed E-state index contributed by atoms with van der Waals surface area (Å²) < 4.78 is 0. The Kier molecular flexibility index (Phi) is 3.38. The maximum absolute atomic E-state index is 9.42. The molecule has 15 heavy (non-hydrogen) atoms. The summed E-state index contributed by atoms with van der Waals surface area (Å²) >= 11 is 1.79. The van der Waals surface area contributed by atoms with Crippen LogP contribution < -0.4 is 0 Å². The molecule has 0 spiro atoms. The zero-order valence-electron chi connectivity index (χ0n) is 9.31. The minimum absolute atomic E-state index is 0.123. The molecular weight excluding hydrogens is 208 g/mol. The molecule has 2 rings (SSSR count). The molecule has 0 aliphatic carbocycles. The Morgan fingerprint density at radius 1 is 1.67 bits per heavy atom. The highest BCUT2D eigenvalue weighted by atomic mass is 32.1. The number of thiazole rings is 1. The van der Waals surface area contributed by atoms with Gasteiger partial charge in [-0.3, -0.25) is 4.90 Å². The average Bonchev–Trinajstić information content (AvgIpc) is 2.76. The van der Waals surface area contributed by atoms with Gasteiger partial charge in [-0.15, -0.1) is 11.3 Å². The van der Waals surface area contributed by atoms with Gasteiger partial charge >= 0.3 is 0 Å². The molecule has 3 nitrogen and oxygen atoms in total. The van der Waals surface area contributed by atoms with Gasteiger partial charge in [0.05, 0.1) is 11.1 Å². The molecule has 0 unspecified atom stereocenters. The first-order valence-corrected chi connectivity index (χ1v) is 6.32. The Balaban J connectivity index is 1.93. The first-order valence-electron chi connectivity index (χ1n) is 5.50. The molecule has 0 amide bonds. The third-order valence-electron chi connectivity index (χ3n) is 2.69. The second kappa shape index (κ2) is 4.60. The predicted octanol–water partition coefficient (Wildman–Crippen LogP) is 1.83. The summed E-state index contributed by atoms with van der Waals surface area (Å²) in [6.07, 6.45) is 2.77. The van der Waals surface area contributed by atoms with Crippen LogP contribution in [0.15, 0.2) is 6.20 Å². The lowest BCUT2D eigenvalue weighted by Crippen LogP contribution is -2.20. The van der Waals surface area contributed by atoms with Crippen molar-refractivity contribution in [3.05, 3.63) is 16.1 Å². The fraction of sp³-hybridized carbons (Fsp3) is 0.727. The van der Waals surface area contributed by atoms with Crippen LogP contribution in [-0.4, -0.2) is 34.2 Å². The molecule has 0 aromatic carbocycles. The molecule has 1 atom stereocenters. The fourth-order valence-electron chi connectivity index (χ4n) is 1.84. The monoisotopic (exact) mass is 226 g/mol. The number of aromatic nitrogens is 1. The van der Waals surface area contributed by atoms with E-state index < -0.39 is 0 Å². The van der Waals surface area contributed by atoms with E-state index in [9.17, 15) is 5.11 Å². The lowest BCUT2D eigenvalue weighted by Gasteiger charge is -2.12. The summed E-state index contributed by atoms with van der Waals surface area (Å²) in [6.45, 7) is 7.11. The van der Waals surface area contributed by atoms with Crippen LogP contribution in [0.4, 0.5) is 0 Å². The number of hydrogen-bond acceptors (Lipinski definition) is 4. The zero-order chi connectivity index (χ0) is 10.8. The van der Waals surface area contributed by atoms with E-state index >= 15 is 0 Å². The number of aliphatic hydroxyl groups is 1. The van der Waals surface area contributed by atoms with Gasteiger partial charge < -0.3 is 5.11 Å². The second-order valence-corrected chi connectivity index (χ2v) is 5.64. The van der Waals surface area contributed by atoms with Gasteiger partial charge in [-0.2, -0.15) is 0 Å². The van der Waals surface area contributed by atoms with E-state index in [0.29, 0.717) is 5.92 Å². The third-order valence-corrected chi connectivity index (χ3v) is 3.97. The maximum Gasteiger partial charge on any atom is 0.0953 e. The summed E-state index contributed by atoms with van der Waals surface area (Å²) in [5.74, 6) is 0.521. The van der Waals surface area contributed by atoms with Crippen LogP contribution in [0.3, 0.4) is 0 Å². The Morgan fingerprint density at radius 3 is 3.00 bits per heavy atom. The summed E-state index contributed by atoms with van der Waals surface area (Å²) in [7, 11) is 0. The molecule has 1 aliphatic heterocycles. The average molecular weight is 226 g/mol. The van der Waals surface area contributed by atoms with Crippen molar-refractivity contribution < 1.29 is 5.11 Å². The summed E-state index contributed by atoms with van der Waals surface area (Å²) in [5.41, 5.74) is 0. The molecule has 0 saturated carbocycles. The number of aliphatic hydroxyl groups excluding tert-OH is 1. The smallest absolute Gasteiger partial charge is 0.0953 e. The Morgan fingerprint density at radius 2 is 2.47 bits per heavy atom. The lowest BCUT2D eigenvalue weighted by molar-refractivity contribution is 0.175. The number of β-amino-alcohol motifs (C(OH)–C–C–N with tert-alkyl or cyclic N) is 1. The number of hydrogen-bond donors (Lipinski definition) is 1. The minimum Gasteiger partial charge on any atom is -0.392 e. The van der Waals surface area contributed by atoms with Crippen molar-refractivity contribution in [3.63, 3.8) is 0 Å². The maximum atomic E-state index is 9.42. The second-order valence-electron chi connectivity index (χ2n) is 4.50. The van der Waals surface area contributed by atoms with Gasteiger partial charge in [0.2, 0.25) is 0 Å². The fourth-order valence-corrected chi connectivity index (χ4v) is 2.80. The topological polar surface area (TPSA) is 36.4 Å². The van der Waals surface area contributed by atoms with E-state index in [1.54, 1.807) is 11.3 Å². The van der Waals surface area contributed by atoms with Crippen molar-refractivity contribution in [1.29, 1.82) is 0 Å². The van der Waals surface area contributed by atoms with Crippen LogP contribution in [-0.2, 0) is 6.54 Å². The van der Waals surface area contributed by atoms with Gasteiger partial charge in [0.25, 0.3) is 0 Å². The van der Waals surface area contributed by atoms with Crippen molar-refractivity contribution in [2.24, 2.45) is 0 Å². The summed E-state index contributed by atoms with van der Waals surface area (Å²) in [4.78, 5) is 8.01. The molecule has 1 aromatic heterocycles. The highest BCUT2D eigenvalue weighted by Gasteiger charge is 2.20. The van der Waals surface area contributed by atoms with Gasteiger partial charge in [-0.25, -0.2) is 4.98 Å². The molecule has 4 heteroatoms. The molecule has 1 saturated heterocycles. The molecule has 1 aliphatic rings. The Labute approximate surface area is 94.8 Å². The number of nitrogens with zero attached hydrogens (tertiary/aromatic N) is 2. The Hall–Kier alpha value is -0.450. The molecule has 1 fully saturated rings. The van der Waals surface area contributed by atoms with Crippen molar-refractivity contribution in [2.45, 2.75) is 38.8 Å². The quantitative estimate of drug-likeness (QED) is 0.854. The van der Waals surface area contributed by atoms with Gasteiger partial charge in [-0.1, -0.05) is 13.8 Å². The van der Waals surface area contributed by atoms with Crippen LogP contribution >= 0.6 is 11.3 Å². The molecule has 1 aromatic rings. The van der Waals surface area contributed by atoms with Crippen molar-refractivity contribution in [1.82, 2.24) is 9.88 Å².